The van der Waals surface area contributed by atoms with Gasteiger partial charge in [0.15, 0.2) is 0 Å². The molecule has 2 aromatic heterocycles. The maximum atomic E-state index is 6.56. The van der Waals surface area contributed by atoms with E-state index in [0.29, 0.717) is 47.1 Å². The molecule has 0 spiro atoms. The monoisotopic (exact) mass is 583 g/mol. The number of nitrogens with zero attached hydrogens (tertiary/aromatic N) is 4. The number of aromatic nitrogens is 4. The molecule has 1 aliphatic heterocycles. The third-order valence-corrected chi connectivity index (χ3v) is 7.18. The van der Waals surface area contributed by atoms with E-state index in [9.17, 15) is 0 Å². The summed E-state index contributed by atoms with van der Waals surface area (Å²) in [6.07, 6.45) is 7.74. The molecule has 3 heterocycles. The minimum atomic E-state index is -1.10. The van der Waals surface area contributed by atoms with Crippen molar-refractivity contribution in [3.05, 3.63) is 89.1 Å². The Morgan fingerprint density at radius 1 is 1.15 bits per heavy atom. The van der Waals surface area contributed by atoms with E-state index >= 15 is 0 Å². The van der Waals surface area contributed by atoms with E-state index in [-0.39, 0.29) is 12.2 Å². The molecule has 1 aliphatic rings. The summed E-state index contributed by atoms with van der Waals surface area (Å²) < 4.78 is 26.0. The van der Waals surface area contributed by atoms with E-state index < -0.39 is 5.79 Å². The summed E-state index contributed by atoms with van der Waals surface area (Å²) in [7, 11) is 1.71. The van der Waals surface area contributed by atoms with Gasteiger partial charge in [0.05, 0.1) is 36.3 Å². The van der Waals surface area contributed by atoms with Gasteiger partial charge in [0, 0.05) is 48.4 Å². The van der Waals surface area contributed by atoms with Gasteiger partial charge < -0.3 is 28.8 Å². The quantitative estimate of drug-likeness (QED) is 0.222. The van der Waals surface area contributed by atoms with Crippen molar-refractivity contribution in [1.82, 2.24) is 19.5 Å². The lowest BCUT2D eigenvalue weighted by Gasteiger charge is -2.30. The molecule has 0 aliphatic carbocycles. The number of benzene rings is 2. The SMILES string of the molecule is COC(C)CCNc1nccc(-c2ccc(OC[C@@H]3CO[C@@](Cn4ccnc4)(c4ccc(Cl)cc4Cl)O3)cc2)n1. The summed E-state index contributed by atoms with van der Waals surface area (Å²) in [5.41, 5.74) is 2.48. The van der Waals surface area contributed by atoms with Gasteiger partial charge in [-0.25, -0.2) is 15.0 Å². The van der Waals surface area contributed by atoms with E-state index in [1.54, 1.807) is 38.0 Å². The zero-order chi connectivity index (χ0) is 28.0. The second-order valence-corrected chi connectivity index (χ2v) is 10.4. The lowest BCUT2D eigenvalue weighted by atomic mass is 10.1. The molecule has 0 amide bonds. The first-order valence-corrected chi connectivity index (χ1v) is 13.8. The lowest BCUT2D eigenvalue weighted by Crippen LogP contribution is -2.34. The first kappa shape index (κ1) is 28.3. The van der Waals surface area contributed by atoms with Gasteiger partial charge in [0.25, 0.3) is 0 Å². The summed E-state index contributed by atoms with van der Waals surface area (Å²) in [6.45, 7) is 3.78. The first-order valence-electron chi connectivity index (χ1n) is 13.0. The summed E-state index contributed by atoms with van der Waals surface area (Å²) in [5.74, 6) is 0.199. The Bertz CT molecular complexity index is 1390. The van der Waals surface area contributed by atoms with Gasteiger partial charge in [0.1, 0.15) is 18.5 Å². The topological polar surface area (TPSA) is 92.6 Å². The van der Waals surface area contributed by atoms with Crippen LogP contribution in [0.4, 0.5) is 5.95 Å². The highest BCUT2D eigenvalue weighted by molar-refractivity contribution is 6.35. The van der Waals surface area contributed by atoms with Crippen LogP contribution in [-0.4, -0.2) is 58.6 Å². The molecule has 0 radical (unpaired) electrons. The Hall–Kier alpha value is -3.21. The van der Waals surface area contributed by atoms with Crippen LogP contribution in [-0.2, 0) is 26.5 Å². The third-order valence-electron chi connectivity index (χ3n) is 6.63. The Morgan fingerprint density at radius 2 is 2.00 bits per heavy atom. The number of anilines is 1. The van der Waals surface area contributed by atoms with Crippen molar-refractivity contribution in [1.29, 1.82) is 0 Å². The second kappa shape index (κ2) is 13.0. The molecule has 210 valence electrons. The van der Waals surface area contributed by atoms with Gasteiger partial charge >= 0.3 is 0 Å². The zero-order valence-electron chi connectivity index (χ0n) is 22.3. The molecule has 9 nitrogen and oxygen atoms in total. The van der Waals surface area contributed by atoms with E-state index in [0.717, 1.165) is 24.2 Å². The van der Waals surface area contributed by atoms with E-state index in [4.69, 9.17) is 42.1 Å². The maximum Gasteiger partial charge on any atom is 0.223 e. The molecule has 1 N–H and O–H groups in total. The zero-order valence-corrected chi connectivity index (χ0v) is 23.8. The normalized spacial score (nSPS) is 19.4. The van der Waals surface area contributed by atoms with Crippen LogP contribution in [0.25, 0.3) is 11.3 Å². The second-order valence-electron chi connectivity index (χ2n) is 9.53. The molecule has 0 saturated carbocycles. The van der Waals surface area contributed by atoms with Crippen molar-refractivity contribution in [2.75, 3.05) is 32.2 Å². The van der Waals surface area contributed by atoms with Crippen LogP contribution in [0.1, 0.15) is 18.9 Å². The van der Waals surface area contributed by atoms with Gasteiger partial charge in [-0.3, -0.25) is 0 Å². The predicted octanol–water partition coefficient (Wildman–Crippen LogP) is 5.83. The molecular formula is C29H31Cl2N5O4. The summed E-state index contributed by atoms with van der Waals surface area (Å²) in [6, 6.07) is 14.9. The van der Waals surface area contributed by atoms with Crippen molar-refractivity contribution in [2.45, 2.75) is 37.9 Å². The van der Waals surface area contributed by atoms with Crippen molar-refractivity contribution in [2.24, 2.45) is 0 Å². The van der Waals surface area contributed by atoms with Crippen LogP contribution < -0.4 is 10.1 Å². The van der Waals surface area contributed by atoms with Gasteiger partial charge in [-0.1, -0.05) is 29.3 Å². The number of hydrogen-bond acceptors (Lipinski definition) is 8. The Balaban J connectivity index is 1.21. The molecule has 11 heteroatoms. The summed E-state index contributed by atoms with van der Waals surface area (Å²) >= 11 is 12.7. The highest BCUT2D eigenvalue weighted by atomic mass is 35.5. The van der Waals surface area contributed by atoms with Gasteiger partial charge in [-0.2, -0.15) is 0 Å². The minimum absolute atomic E-state index is 0.174. The number of methoxy groups -OCH3 is 1. The van der Waals surface area contributed by atoms with E-state index in [1.807, 2.05) is 54.1 Å². The Kier molecular flexibility index (Phi) is 9.18. The van der Waals surface area contributed by atoms with Gasteiger partial charge in [0.2, 0.25) is 11.7 Å². The first-order chi connectivity index (χ1) is 19.4. The highest BCUT2D eigenvalue weighted by Crippen LogP contribution is 2.40. The van der Waals surface area contributed by atoms with Crippen LogP contribution in [0, 0.1) is 0 Å². The molecule has 4 aromatic rings. The third kappa shape index (κ3) is 6.92. The maximum absolute atomic E-state index is 6.56. The predicted molar refractivity (Wildman–Crippen MR) is 154 cm³/mol. The lowest BCUT2D eigenvalue weighted by molar-refractivity contribution is -0.189. The molecule has 40 heavy (non-hydrogen) atoms. The van der Waals surface area contributed by atoms with Crippen LogP contribution in [0.15, 0.2) is 73.4 Å². The Morgan fingerprint density at radius 3 is 2.75 bits per heavy atom. The number of halogens is 2. The minimum Gasteiger partial charge on any atom is -0.491 e. The Labute approximate surface area is 243 Å². The number of imidazole rings is 1. The molecule has 1 saturated heterocycles. The molecule has 3 atom stereocenters. The van der Waals surface area contributed by atoms with Gasteiger partial charge in [-0.15, -0.1) is 0 Å². The standard InChI is InChI=1S/C29H31Cl2N5O4/c1-20(37-2)9-11-33-28-34-12-10-27(35-28)21-3-6-23(7-4-21)38-16-24-17-39-29(40-24,18-36-14-13-32-19-36)25-8-5-22(30)15-26(25)31/h3-8,10,12-15,19-20,24H,9,11,16-18H2,1-2H3,(H,33,34,35)/t20?,24-,29-/m1/s1. The molecule has 0 bridgehead atoms. The van der Waals surface area contributed by atoms with Crippen LogP contribution in [0.3, 0.4) is 0 Å². The van der Waals surface area contributed by atoms with Crippen LogP contribution in [0.5, 0.6) is 5.75 Å². The largest absolute Gasteiger partial charge is 0.491 e. The number of rotatable bonds is 12. The van der Waals surface area contributed by atoms with E-state index in [1.165, 1.54) is 0 Å². The smallest absolute Gasteiger partial charge is 0.223 e. The fourth-order valence-electron chi connectivity index (χ4n) is 4.40. The fourth-order valence-corrected chi connectivity index (χ4v) is 4.95. The average Bonchev–Trinajstić information content (AvgIpc) is 3.63. The molecule has 2 aromatic carbocycles. The number of ether oxygens (including phenoxy) is 4. The average molecular weight is 585 g/mol. The highest BCUT2D eigenvalue weighted by Gasteiger charge is 2.45. The van der Waals surface area contributed by atoms with Gasteiger partial charge in [-0.05, 0) is 55.8 Å². The molecular weight excluding hydrogens is 553 g/mol. The van der Waals surface area contributed by atoms with Crippen LogP contribution >= 0.6 is 23.2 Å². The van der Waals surface area contributed by atoms with Crippen LogP contribution in [0.2, 0.25) is 10.0 Å². The molecule has 1 unspecified atom stereocenters. The van der Waals surface area contributed by atoms with Crippen molar-refractivity contribution in [3.63, 3.8) is 0 Å². The van der Waals surface area contributed by atoms with Crippen molar-refractivity contribution >= 4 is 29.2 Å². The number of hydrogen-bond donors (Lipinski definition) is 1. The summed E-state index contributed by atoms with van der Waals surface area (Å²) in [5, 5.41) is 4.26. The van der Waals surface area contributed by atoms with E-state index in [2.05, 4.69) is 20.3 Å². The summed E-state index contributed by atoms with van der Waals surface area (Å²) in [4.78, 5) is 13.1. The fraction of sp³-hybridized carbons (Fsp3) is 0.345. The molecule has 5 rings (SSSR count). The molecule has 1 fully saturated rings. The van der Waals surface area contributed by atoms with Crippen molar-refractivity contribution in [3.8, 4) is 17.0 Å². The number of nitrogens with one attached hydrogen (secondary N) is 1. The van der Waals surface area contributed by atoms with Crippen molar-refractivity contribution < 1.29 is 18.9 Å².